The van der Waals surface area contributed by atoms with Gasteiger partial charge in [0.15, 0.2) is 0 Å². The predicted molar refractivity (Wildman–Crippen MR) is 89.2 cm³/mol. The molecule has 3 rings (SSSR count). The summed E-state index contributed by atoms with van der Waals surface area (Å²) in [7, 11) is 0. The van der Waals surface area contributed by atoms with Gasteiger partial charge in [-0.05, 0) is 61.2 Å². The van der Waals surface area contributed by atoms with Crippen molar-refractivity contribution in [2.75, 3.05) is 6.54 Å². The van der Waals surface area contributed by atoms with Gasteiger partial charge in [-0.3, -0.25) is 4.98 Å². The summed E-state index contributed by atoms with van der Waals surface area (Å²) in [6, 6.07) is 6.77. The Kier molecular flexibility index (Phi) is 4.60. The zero-order valence-corrected chi connectivity index (χ0v) is 14.1. The molecule has 2 aromatic rings. The van der Waals surface area contributed by atoms with Crippen molar-refractivity contribution in [2.24, 2.45) is 5.73 Å². The number of hydrogen-bond donors (Lipinski definition) is 1. The second-order valence-electron chi connectivity index (χ2n) is 6.79. The quantitative estimate of drug-likeness (QED) is 0.660. The van der Waals surface area contributed by atoms with Gasteiger partial charge in [0.25, 0.3) is 0 Å². The molecule has 138 valence electrons. The lowest BCUT2D eigenvalue weighted by Crippen LogP contribution is -2.30. The van der Waals surface area contributed by atoms with E-state index in [1.807, 2.05) is 0 Å². The van der Waals surface area contributed by atoms with Crippen LogP contribution in [-0.2, 0) is 16.6 Å². The molecule has 0 saturated carbocycles. The van der Waals surface area contributed by atoms with E-state index in [-0.39, 0.29) is 5.69 Å². The van der Waals surface area contributed by atoms with Crippen molar-refractivity contribution >= 4 is 6.29 Å². The molecule has 0 bridgehead atoms. The van der Waals surface area contributed by atoms with Gasteiger partial charge in [-0.2, -0.15) is 13.2 Å². The Morgan fingerprint density at radius 2 is 1.96 bits per heavy atom. The summed E-state index contributed by atoms with van der Waals surface area (Å²) >= 11 is 0. The van der Waals surface area contributed by atoms with Crippen molar-refractivity contribution in [1.29, 1.82) is 0 Å². The number of hydrogen-bond acceptors (Lipinski definition) is 3. The molecule has 1 aliphatic rings. The first-order valence-electron chi connectivity index (χ1n) is 8.23. The topological polar surface area (TPSA) is 56.0 Å². The fraction of sp³-hybridized carbons (Fsp3) is 0.368. The van der Waals surface area contributed by atoms with Crippen molar-refractivity contribution in [3.8, 4) is 11.3 Å². The maximum absolute atomic E-state index is 13.4. The molecular weight excluding hydrogens is 348 g/mol. The number of aromatic nitrogens is 1. The molecule has 1 aromatic carbocycles. The molecule has 1 aromatic heterocycles. The van der Waals surface area contributed by atoms with E-state index < -0.39 is 29.9 Å². The molecule has 2 N–H and O–H groups in total. The van der Waals surface area contributed by atoms with E-state index >= 15 is 0 Å². The molecule has 0 aliphatic heterocycles. The van der Waals surface area contributed by atoms with Crippen molar-refractivity contribution in [3.63, 3.8) is 0 Å². The average molecular weight is 366 g/mol. The number of fused-ring (bicyclic) bond motifs is 1. The highest BCUT2D eigenvalue weighted by Gasteiger charge is 2.43. The lowest BCUT2D eigenvalue weighted by atomic mass is 9.84. The van der Waals surface area contributed by atoms with Gasteiger partial charge in [-0.25, -0.2) is 4.39 Å². The van der Waals surface area contributed by atoms with E-state index in [1.54, 1.807) is 6.92 Å². The molecule has 0 radical (unpaired) electrons. The molecule has 2 unspecified atom stereocenters. The van der Waals surface area contributed by atoms with E-state index in [9.17, 15) is 22.4 Å². The summed E-state index contributed by atoms with van der Waals surface area (Å²) in [5.74, 6) is -2.38. The summed E-state index contributed by atoms with van der Waals surface area (Å²) in [6.07, 6.45) is -2.78. The molecule has 1 aliphatic carbocycles. The summed E-state index contributed by atoms with van der Waals surface area (Å²) < 4.78 is 53.4. The molecular formula is C19H18F4N2O. The SMILES string of the molecule is CC1(C=O)CCc2c1cc(C(CN)C(F)(F)F)nc2-c1ccc(F)cc1. The van der Waals surface area contributed by atoms with Crippen molar-refractivity contribution in [1.82, 2.24) is 4.98 Å². The number of nitrogens with zero attached hydrogens (tertiary/aromatic N) is 1. The fourth-order valence-electron chi connectivity index (χ4n) is 3.44. The largest absolute Gasteiger partial charge is 0.398 e. The molecule has 0 spiro atoms. The number of alkyl halides is 3. The number of carbonyl (C=O) groups is 1. The third-order valence-corrected chi connectivity index (χ3v) is 5.02. The summed E-state index contributed by atoms with van der Waals surface area (Å²) in [5, 5.41) is 0. The maximum atomic E-state index is 13.4. The van der Waals surface area contributed by atoms with Crippen LogP contribution in [0, 0.1) is 5.82 Å². The normalized spacial score (nSPS) is 20.7. The molecule has 7 heteroatoms. The molecule has 1 heterocycles. The molecule has 26 heavy (non-hydrogen) atoms. The first-order valence-corrected chi connectivity index (χ1v) is 8.23. The van der Waals surface area contributed by atoms with Gasteiger partial charge in [0.05, 0.1) is 11.4 Å². The molecule has 0 fully saturated rings. The van der Waals surface area contributed by atoms with E-state index in [0.717, 1.165) is 11.8 Å². The zero-order chi connectivity index (χ0) is 19.1. The number of rotatable bonds is 4. The number of benzene rings is 1. The van der Waals surface area contributed by atoms with Gasteiger partial charge >= 0.3 is 6.18 Å². The Morgan fingerprint density at radius 1 is 1.31 bits per heavy atom. The van der Waals surface area contributed by atoms with Crippen LogP contribution >= 0.6 is 0 Å². The molecule has 0 amide bonds. The second kappa shape index (κ2) is 6.46. The van der Waals surface area contributed by atoms with Crippen LogP contribution in [-0.4, -0.2) is 24.0 Å². The van der Waals surface area contributed by atoms with Crippen LogP contribution in [0.25, 0.3) is 11.3 Å². The van der Waals surface area contributed by atoms with Gasteiger partial charge in [0.1, 0.15) is 18.0 Å². The highest BCUT2D eigenvalue weighted by Crippen LogP contribution is 2.44. The van der Waals surface area contributed by atoms with Crippen LogP contribution in [0.1, 0.15) is 36.1 Å². The summed E-state index contributed by atoms with van der Waals surface area (Å²) in [5.41, 5.74) is 6.42. The van der Waals surface area contributed by atoms with E-state index in [1.165, 1.54) is 30.3 Å². The van der Waals surface area contributed by atoms with Crippen molar-refractivity contribution in [3.05, 3.63) is 53.0 Å². The van der Waals surface area contributed by atoms with Crippen LogP contribution in [0.5, 0.6) is 0 Å². The van der Waals surface area contributed by atoms with Gasteiger partial charge in [0.2, 0.25) is 0 Å². The monoisotopic (exact) mass is 366 g/mol. The molecule has 0 saturated heterocycles. The Hall–Kier alpha value is -2.28. The highest BCUT2D eigenvalue weighted by molar-refractivity contribution is 5.76. The van der Waals surface area contributed by atoms with Crippen LogP contribution in [0.3, 0.4) is 0 Å². The second-order valence-corrected chi connectivity index (χ2v) is 6.79. The van der Waals surface area contributed by atoms with Crippen LogP contribution in [0.2, 0.25) is 0 Å². The smallest absolute Gasteiger partial charge is 0.329 e. The Labute approximate surface area is 148 Å². The third-order valence-electron chi connectivity index (χ3n) is 5.02. The minimum absolute atomic E-state index is 0.215. The lowest BCUT2D eigenvalue weighted by Gasteiger charge is -2.23. The third kappa shape index (κ3) is 3.11. The van der Waals surface area contributed by atoms with Crippen molar-refractivity contribution < 1.29 is 22.4 Å². The number of pyridine rings is 1. The maximum Gasteiger partial charge on any atom is 0.398 e. The number of halogens is 4. The fourth-order valence-corrected chi connectivity index (χ4v) is 3.44. The number of nitrogens with two attached hydrogens (primary N) is 1. The van der Waals surface area contributed by atoms with Crippen LogP contribution < -0.4 is 5.73 Å². The van der Waals surface area contributed by atoms with Gasteiger partial charge in [-0.1, -0.05) is 0 Å². The zero-order valence-electron chi connectivity index (χ0n) is 14.1. The standard InChI is InChI=1S/C19H18F4N2O/c1-18(10-26)7-6-13-14(18)8-16(15(9-24)19(21,22)23)25-17(13)11-2-4-12(20)5-3-11/h2-5,8,10,15H,6-7,9,24H2,1H3. The first-order chi connectivity index (χ1) is 12.2. The Morgan fingerprint density at radius 3 is 2.50 bits per heavy atom. The average Bonchev–Trinajstić information content (AvgIpc) is 2.92. The van der Waals surface area contributed by atoms with Gasteiger partial charge in [-0.15, -0.1) is 0 Å². The van der Waals surface area contributed by atoms with Crippen molar-refractivity contribution in [2.45, 2.75) is 37.3 Å². The summed E-state index contributed by atoms with van der Waals surface area (Å²) in [4.78, 5) is 15.9. The van der Waals surface area contributed by atoms with Crippen LogP contribution in [0.4, 0.5) is 17.6 Å². The van der Waals surface area contributed by atoms with Gasteiger partial charge < -0.3 is 10.5 Å². The van der Waals surface area contributed by atoms with Crippen LogP contribution in [0.15, 0.2) is 30.3 Å². The van der Waals surface area contributed by atoms with E-state index in [4.69, 9.17) is 5.73 Å². The first kappa shape index (κ1) is 18.5. The van der Waals surface area contributed by atoms with E-state index in [0.29, 0.717) is 29.7 Å². The Balaban J connectivity index is 2.26. The molecule has 2 atom stereocenters. The minimum atomic E-state index is -4.55. The van der Waals surface area contributed by atoms with E-state index in [2.05, 4.69) is 4.98 Å². The number of aldehydes is 1. The van der Waals surface area contributed by atoms with Gasteiger partial charge in [0, 0.05) is 17.5 Å². The number of carbonyl (C=O) groups excluding carboxylic acids is 1. The Bertz CT molecular complexity index is 833. The highest BCUT2D eigenvalue weighted by atomic mass is 19.4. The lowest BCUT2D eigenvalue weighted by molar-refractivity contribution is -0.148. The molecule has 3 nitrogen and oxygen atoms in total. The summed E-state index contributed by atoms with van der Waals surface area (Å²) in [6.45, 7) is 1.06. The minimum Gasteiger partial charge on any atom is -0.329 e. The predicted octanol–water partition coefficient (Wildman–Crippen LogP) is 3.90.